The Labute approximate surface area is 216 Å². The van der Waals surface area contributed by atoms with E-state index in [2.05, 4.69) is 4.74 Å². The normalized spacial score (nSPS) is 20.3. The summed E-state index contributed by atoms with van der Waals surface area (Å²) in [6.07, 6.45) is 2.29. The van der Waals surface area contributed by atoms with Crippen molar-refractivity contribution in [1.82, 2.24) is 4.90 Å². The molecule has 1 aromatic carbocycles. The van der Waals surface area contributed by atoms with Crippen LogP contribution in [0.5, 0.6) is 0 Å². The van der Waals surface area contributed by atoms with Crippen molar-refractivity contribution in [2.24, 2.45) is 11.8 Å². The fourth-order valence-electron chi connectivity index (χ4n) is 4.38. The Morgan fingerprint density at radius 1 is 1.00 bits per heavy atom. The smallest absolute Gasteiger partial charge is 0.373 e. The monoisotopic (exact) mass is 517 g/mol. The van der Waals surface area contributed by atoms with Gasteiger partial charge >= 0.3 is 17.9 Å². The highest BCUT2D eigenvalue weighted by atomic mass is 16.6. The van der Waals surface area contributed by atoms with Crippen LogP contribution in [0.2, 0.25) is 0 Å². The number of aliphatic hydroxyl groups excluding tert-OH is 1. The van der Waals surface area contributed by atoms with E-state index in [1.807, 2.05) is 0 Å². The van der Waals surface area contributed by atoms with Gasteiger partial charge in [0.1, 0.15) is 5.60 Å². The van der Waals surface area contributed by atoms with Gasteiger partial charge in [0.05, 0.1) is 40.4 Å². The van der Waals surface area contributed by atoms with Crippen LogP contribution in [0.1, 0.15) is 37.6 Å². The molecule has 0 aromatic heterocycles. The lowest BCUT2D eigenvalue weighted by Crippen LogP contribution is -2.41. The average Bonchev–Trinajstić information content (AvgIpc) is 3.22. The van der Waals surface area contributed by atoms with Crippen LogP contribution >= 0.6 is 0 Å². The number of hydrogen-bond donors (Lipinski definition) is 1. The maximum Gasteiger partial charge on any atom is 0.373 e. The minimum absolute atomic E-state index is 0.0249. The molecule has 0 spiro atoms. The largest absolute Gasteiger partial charge is 0.490 e. The predicted octanol–water partition coefficient (Wildman–Crippen LogP) is 2.27. The molecule has 2 rings (SSSR count). The van der Waals surface area contributed by atoms with Gasteiger partial charge in [-0.2, -0.15) is 0 Å². The molecule has 1 amide bonds. The van der Waals surface area contributed by atoms with Crippen LogP contribution < -0.4 is 0 Å². The number of allylic oxidation sites excluding steroid dienone is 1. The van der Waals surface area contributed by atoms with E-state index in [1.165, 1.54) is 32.3 Å². The zero-order valence-electron chi connectivity index (χ0n) is 22.1. The van der Waals surface area contributed by atoms with Crippen molar-refractivity contribution in [3.63, 3.8) is 0 Å². The van der Waals surface area contributed by atoms with Crippen molar-refractivity contribution in [1.29, 1.82) is 0 Å². The fourth-order valence-corrected chi connectivity index (χ4v) is 4.38. The summed E-state index contributed by atoms with van der Waals surface area (Å²) in [5, 5.41) is 10.4. The number of carbonyl (C=O) groups excluding carboxylic acids is 4. The molecule has 37 heavy (non-hydrogen) atoms. The molecule has 1 heterocycles. The van der Waals surface area contributed by atoms with Crippen LogP contribution in [0.15, 0.2) is 53.8 Å². The van der Waals surface area contributed by atoms with Gasteiger partial charge in [-0.3, -0.25) is 9.59 Å². The highest BCUT2D eigenvalue weighted by Crippen LogP contribution is 2.40. The van der Waals surface area contributed by atoms with Crippen LogP contribution in [0.4, 0.5) is 0 Å². The summed E-state index contributed by atoms with van der Waals surface area (Å²) < 4.78 is 20.4. The number of nitrogens with zero attached hydrogens (tertiary/aromatic N) is 1. The third kappa shape index (κ3) is 7.66. The molecule has 0 aliphatic carbocycles. The highest BCUT2D eigenvalue weighted by Gasteiger charge is 2.47. The molecule has 0 bridgehead atoms. The standard InChI is InChI=1S/C27H35NO9/c1-27(2,3)37-23(31)14-19-20(18(12-13-22(30)34-4)24(35-5)26(33)36-6)15-28(21(19)16-29)25(32)17-10-8-7-9-11-17/h7-13,19-21,29H,14-16H2,1-6H3/b13-12-,24-18-/t19-,20+,21+/m0/s1. The molecule has 1 aromatic rings. The first kappa shape index (κ1) is 29.6. The number of benzene rings is 1. The van der Waals surface area contributed by atoms with Crippen LogP contribution in [0.3, 0.4) is 0 Å². The van der Waals surface area contributed by atoms with E-state index < -0.39 is 48.0 Å². The minimum atomic E-state index is -0.809. The van der Waals surface area contributed by atoms with Gasteiger partial charge in [0.25, 0.3) is 5.91 Å². The lowest BCUT2D eigenvalue weighted by molar-refractivity contribution is -0.156. The topological polar surface area (TPSA) is 129 Å². The Bertz CT molecular complexity index is 1040. The number of rotatable bonds is 9. The lowest BCUT2D eigenvalue weighted by Gasteiger charge is -2.28. The molecule has 10 nitrogen and oxygen atoms in total. The van der Waals surface area contributed by atoms with Crippen molar-refractivity contribution >= 4 is 23.8 Å². The Morgan fingerprint density at radius 2 is 1.65 bits per heavy atom. The molecular weight excluding hydrogens is 482 g/mol. The Balaban J connectivity index is 2.65. The molecule has 0 unspecified atom stereocenters. The van der Waals surface area contributed by atoms with Crippen LogP contribution in [-0.4, -0.2) is 79.9 Å². The number of amides is 1. The van der Waals surface area contributed by atoms with E-state index in [9.17, 15) is 24.3 Å². The quantitative estimate of drug-likeness (QED) is 0.172. The second kappa shape index (κ2) is 13.0. The molecule has 202 valence electrons. The summed E-state index contributed by atoms with van der Waals surface area (Å²) in [7, 11) is 3.65. The molecule has 3 atom stereocenters. The van der Waals surface area contributed by atoms with Crippen LogP contribution in [0.25, 0.3) is 0 Å². The first-order chi connectivity index (χ1) is 17.5. The summed E-state index contributed by atoms with van der Waals surface area (Å²) in [6, 6.07) is 7.72. The maximum atomic E-state index is 13.5. The molecule has 1 saturated heterocycles. The number of likely N-dealkylation sites (tertiary alicyclic amines) is 1. The summed E-state index contributed by atoms with van der Waals surface area (Å²) >= 11 is 0. The molecule has 1 aliphatic heterocycles. The fraction of sp³-hybridized carbons (Fsp3) is 0.481. The summed E-state index contributed by atoms with van der Waals surface area (Å²) in [4.78, 5) is 52.3. The van der Waals surface area contributed by atoms with Crippen molar-refractivity contribution in [2.45, 2.75) is 38.8 Å². The SMILES string of the molecule is COC(=O)/C=C\C(=C(\OC)C(=O)OC)[C@H]1CN(C(=O)c2ccccc2)[C@H](CO)[C@H]1CC(=O)OC(C)(C)C. The van der Waals surface area contributed by atoms with Gasteiger partial charge in [-0.1, -0.05) is 18.2 Å². The van der Waals surface area contributed by atoms with E-state index in [1.54, 1.807) is 51.1 Å². The highest BCUT2D eigenvalue weighted by molar-refractivity contribution is 5.95. The van der Waals surface area contributed by atoms with E-state index in [4.69, 9.17) is 14.2 Å². The molecular formula is C27H35NO9. The number of methoxy groups -OCH3 is 3. The Hall–Kier alpha value is -3.66. The van der Waals surface area contributed by atoms with E-state index in [0.717, 1.165) is 6.08 Å². The third-order valence-electron chi connectivity index (χ3n) is 5.93. The molecule has 1 fully saturated rings. The van der Waals surface area contributed by atoms with Crippen molar-refractivity contribution < 1.29 is 43.2 Å². The van der Waals surface area contributed by atoms with Crippen LogP contribution in [0, 0.1) is 11.8 Å². The van der Waals surface area contributed by atoms with E-state index in [-0.39, 0.29) is 30.2 Å². The zero-order valence-corrected chi connectivity index (χ0v) is 22.1. The van der Waals surface area contributed by atoms with Crippen molar-refractivity contribution in [2.75, 3.05) is 34.5 Å². The maximum absolute atomic E-state index is 13.5. The lowest BCUT2D eigenvalue weighted by atomic mass is 9.82. The van der Waals surface area contributed by atoms with Gasteiger partial charge in [0, 0.05) is 35.6 Å². The number of esters is 3. The summed E-state index contributed by atoms with van der Waals surface area (Å²) in [5.74, 6) is -3.97. The Kier molecular flexibility index (Phi) is 10.4. The van der Waals surface area contributed by atoms with Gasteiger partial charge in [0.2, 0.25) is 5.76 Å². The van der Waals surface area contributed by atoms with E-state index >= 15 is 0 Å². The second-order valence-electron chi connectivity index (χ2n) is 9.47. The Morgan fingerprint density at radius 3 is 2.16 bits per heavy atom. The first-order valence-electron chi connectivity index (χ1n) is 11.8. The van der Waals surface area contributed by atoms with Gasteiger partial charge in [-0.05, 0) is 39.0 Å². The molecule has 1 aliphatic rings. The predicted molar refractivity (Wildman–Crippen MR) is 133 cm³/mol. The second-order valence-corrected chi connectivity index (χ2v) is 9.47. The summed E-state index contributed by atoms with van der Waals surface area (Å²) in [5.41, 5.74) is -0.143. The van der Waals surface area contributed by atoms with Gasteiger partial charge in [0.15, 0.2) is 0 Å². The number of hydrogen-bond acceptors (Lipinski definition) is 9. The van der Waals surface area contributed by atoms with Gasteiger partial charge < -0.3 is 29.0 Å². The van der Waals surface area contributed by atoms with Crippen molar-refractivity contribution in [3.8, 4) is 0 Å². The minimum Gasteiger partial charge on any atom is -0.490 e. The molecule has 0 radical (unpaired) electrons. The average molecular weight is 518 g/mol. The molecule has 1 N–H and O–H groups in total. The zero-order chi connectivity index (χ0) is 27.8. The number of carbonyl (C=O) groups is 4. The molecule has 10 heteroatoms. The van der Waals surface area contributed by atoms with Gasteiger partial charge in [-0.15, -0.1) is 0 Å². The third-order valence-corrected chi connectivity index (χ3v) is 5.93. The van der Waals surface area contributed by atoms with E-state index in [0.29, 0.717) is 5.56 Å². The summed E-state index contributed by atoms with van der Waals surface area (Å²) in [6.45, 7) is 4.78. The number of aliphatic hydroxyl groups is 1. The van der Waals surface area contributed by atoms with Gasteiger partial charge in [-0.25, -0.2) is 9.59 Å². The van der Waals surface area contributed by atoms with Crippen LogP contribution in [-0.2, 0) is 33.3 Å². The van der Waals surface area contributed by atoms with Crippen molar-refractivity contribution in [3.05, 3.63) is 59.4 Å². The number of ether oxygens (including phenoxy) is 4. The molecule has 0 saturated carbocycles. The first-order valence-corrected chi connectivity index (χ1v) is 11.8.